The maximum atomic E-state index is 10.7. The van der Waals surface area contributed by atoms with Crippen molar-refractivity contribution in [3.05, 3.63) is 30.0 Å². The first kappa shape index (κ1) is 13.9. The van der Waals surface area contributed by atoms with Crippen LogP contribution in [0.1, 0.15) is 37.6 Å². The van der Waals surface area contributed by atoms with Gasteiger partial charge in [-0.05, 0) is 12.8 Å². The van der Waals surface area contributed by atoms with E-state index in [0.717, 1.165) is 37.3 Å². The number of hydrogen-bond donors (Lipinski definition) is 2. The Hall–Kier alpha value is -2.02. The summed E-state index contributed by atoms with van der Waals surface area (Å²) >= 11 is 0. The second-order valence-electron chi connectivity index (χ2n) is 5.53. The lowest BCUT2D eigenvalue weighted by molar-refractivity contribution is 0.0559. The van der Waals surface area contributed by atoms with Gasteiger partial charge in [0.15, 0.2) is 0 Å². The highest BCUT2D eigenvalue weighted by Gasteiger charge is 2.40. The quantitative estimate of drug-likeness (QED) is 0.854. The van der Waals surface area contributed by atoms with E-state index < -0.39 is 5.60 Å². The lowest BCUT2D eigenvalue weighted by Gasteiger charge is -2.21. The van der Waals surface area contributed by atoms with Gasteiger partial charge < -0.3 is 10.0 Å². The third-order valence-electron chi connectivity index (χ3n) is 3.96. The van der Waals surface area contributed by atoms with Gasteiger partial charge in [-0.25, -0.2) is 9.97 Å². The monoisotopic (exact) mass is 288 g/mol. The van der Waals surface area contributed by atoms with Gasteiger partial charge in [0.05, 0.1) is 12.7 Å². The Labute approximate surface area is 123 Å². The van der Waals surface area contributed by atoms with Crippen LogP contribution >= 0.6 is 0 Å². The summed E-state index contributed by atoms with van der Waals surface area (Å²) in [5, 5.41) is 21.0. The second-order valence-corrected chi connectivity index (χ2v) is 5.53. The van der Waals surface area contributed by atoms with E-state index in [2.05, 4.69) is 37.2 Å². The summed E-state index contributed by atoms with van der Waals surface area (Å²) in [4.78, 5) is 10.7. The minimum Gasteiger partial charge on any atom is -0.381 e. The zero-order valence-corrected chi connectivity index (χ0v) is 12.2. The fourth-order valence-corrected chi connectivity index (χ4v) is 2.68. The van der Waals surface area contributed by atoms with Gasteiger partial charge in [-0.1, -0.05) is 13.3 Å². The molecule has 1 atom stereocenters. The number of β-amino-alcohol motifs (C(OH)–C–C–N with tert-alkyl or cyclic N) is 1. The van der Waals surface area contributed by atoms with Gasteiger partial charge in [0.1, 0.15) is 23.4 Å². The van der Waals surface area contributed by atoms with E-state index in [9.17, 15) is 5.11 Å². The predicted octanol–water partition coefficient (Wildman–Crippen LogP) is 1.04. The van der Waals surface area contributed by atoms with E-state index in [1.165, 1.54) is 0 Å². The Bertz CT molecular complexity index is 587. The molecule has 1 unspecified atom stereocenters. The van der Waals surface area contributed by atoms with Crippen molar-refractivity contribution in [1.82, 2.24) is 25.4 Å². The summed E-state index contributed by atoms with van der Waals surface area (Å²) in [6.45, 7) is 3.39. The standard InChI is InChI=1S/C14H20N6O/c1-2-3-4-11-7-13(16-10-15-11)20-6-5-14(21,9-20)12-8-17-19-18-12/h7-8,10,21H,2-6,9H2,1H3,(H,17,18,19). The summed E-state index contributed by atoms with van der Waals surface area (Å²) in [5.41, 5.74) is 0.686. The van der Waals surface area contributed by atoms with Gasteiger partial charge in [0.25, 0.3) is 0 Å². The van der Waals surface area contributed by atoms with Crippen LogP contribution in [0.15, 0.2) is 18.6 Å². The number of anilines is 1. The Morgan fingerprint density at radius 3 is 3.10 bits per heavy atom. The Kier molecular flexibility index (Phi) is 3.83. The van der Waals surface area contributed by atoms with E-state index in [0.29, 0.717) is 18.7 Å². The summed E-state index contributed by atoms with van der Waals surface area (Å²) in [6.07, 6.45) is 7.04. The molecule has 0 aromatic carbocycles. The van der Waals surface area contributed by atoms with Crippen LogP contribution in [-0.4, -0.2) is 43.6 Å². The van der Waals surface area contributed by atoms with Crippen molar-refractivity contribution in [2.45, 2.75) is 38.2 Å². The molecule has 0 radical (unpaired) electrons. The molecule has 7 nitrogen and oxygen atoms in total. The summed E-state index contributed by atoms with van der Waals surface area (Å²) in [7, 11) is 0. The normalized spacial score (nSPS) is 21.9. The maximum absolute atomic E-state index is 10.7. The van der Waals surface area contributed by atoms with Crippen LogP contribution in [0.25, 0.3) is 0 Å². The summed E-state index contributed by atoms with van der Waals surface area (Å²) in [6, 6.07) is 2.02. The number of aromatic nitrogens is 5. The molecule has 1 aliphatic heterocycles. The molecule has 21 heavy (non-hydrogen) atoms. The summed E-state index contributed by atoms with van der Waals surface area (Å²) < 4.78 is 0. The highest BCUT2D eigenvalue weighted by molar-refractivity contribution is 5.42. The number of aliphatic hydroxyl groups is 1. The van der Waals surface area contributed by atoms with E-state index in [1.54, 1.807) is 12.5 Å². The molecule has 0 saturated carbocycles. The molecule has 1 saturated heterocycles. The number of H-pyrrole nitrogens is 1. The average Bonchev–Trinajstić information content (AvgIpc) is 3.16. The van der Waals surface area contributed by atoms with Crippen LogP contribution in [0.4, 0.5) is 5.82 Å². The largest absolute Gasteiger partial charge is 0.381 e. The SMILES string of the molecule is CCCCc1cc(N2CCC(O)(c3cn[nH]n3)C2)ncn1. The topological polar surface area (TPSA) is 90.8 Å². The number of aryl methyl sites for hydroxylation is 1. The van der Waals surface area contributed by atoms with Gasteiger partial charge in [-0.2, -0.15) is 15.4 Å². The van der Waals surface area contributed by atoms with Crippen LogP contribution in [0, 0.1) is 0 Å². The lowest BCUT2D eigenvalue weighted by Crippen LogP contribution is -2.31. The van der Waals surface area contributed by atoms with Crippen molar-refractivity contribution in [2.24, 2.45) is 0 Å². The van der Waals surface area contributed by atoms with Crippen molar-refractivity contribution in [3.63, 3.8) is 0 Å². The zero-order valence-electron chi connectivity index (χ0n) is 12.2. The molecule has 7 heteroatoms. The molecule has 3 rings (SSSR count). The molecule has 0 amide bonds. The smallest absolute Gasteiger partial charge is 0.132 e. The first-order valence-corrected chi connectivity index (χ1v) is 7.36. The van der Waals surface area contributed by atoms with Crippen LogP contribution < -0.4 is 4.90 Å². The molecule has 0 bridgehead atoms. The first-order chi connectivity index (χ1) is 10.2. The van der Waals surface area contributed by atoms with Crippen LogP contribution in [0.5, 0.6) is 0 Å². The lowest BCUT2D eigenvalue weighted by atomic mass is 10.0. The highest BCUT2D eigenvalue weighted by atomic mass is 16.3. The highest BCUT2D eigenvalue weighted by Crippen LogP contribution is 2.32. The average molecular weight is 288 g/mol. The van der Waals surface area contributed by atoms with E-state index in [4.69, 9.17) is 0 Å². The molecular formula is C14H20N6O. The van der Waals surface area contributed by atoms with E-state index >= 15 is 0 Å². The van der Waals surface area contributed by atoms with Gasteiger partial charge in [0.2, 0.25) is 0 Å². The maximum Gasteiger partial charge on any atom is 0.132 e. The molecule has 1 fully saturated rings. The number of unbranched alkanes of at least 4 members (excludes halogenated alkanes) is 1. The number of aromatic amines is 1. The molecule has 2 aromatic rings. The molecule has 3 heterocycles. The number of nitrogens with zero attached hydrogens (tertiary/aromatic N) is 5. The van der Waals surface area contributed by atoms with Gasteiger partial charge in [0, 0.05) is 24.7 Å². The molecule has 2 aromatic heterocycles. The van der Waals surface area contributed by atoms with E-state index in [-0.39, 0.29) is 0 Å². The Balaban J connectivity index is 1.74. The zero-order chi connectivity index (χ0) is 14.7. The number of nitrogens with one attached hydrogen (secondary N) is 1. The first-order valence-electron chi connectivity index (χ1n) is 7.36. The molecular weight excluding hydrogens is 268 g/mol. The Morgan fingerprint density at radius 1 is 1.43 bits per heavy atom. The fourth-order valence-electron chi connectivity index (χ4n) is 2.68. The van der Waals surface area contributed by atoms with Crippen molar-refractivity contribution < 1.29 is 5.11 Å². The van der Waals surface area contributed by atoms with Gasteiger partial charge >= 0.3 is 0 Å². The minimum absolute atomic E-state index is 0.476. The Morgan fingerprint density at radius 2 is 2.33 bits per heavy atom. The van der Waals surface area contributed by atoms with Gasteiger partial charge in [-0.15, -0.1) is 0 Å². The molecule has 2 N–H and O–H groups in total. The summed E-state index contributed by atoms with van der Waals surface area (Å²) in [5.74, 6) is 0.871. The minimum atomic E-state index is -0.957. The molecule has 1 aliphatic rings. The third-order valence-corrected chi connectivity index (χ3v) is 3.96. The van der Waals surface area contributed by atoms with Crippen molar-refractivity contribution >= 4 is 5.82 Å². The van der Waals surface area contributed by atoms with Crippen LogP contribution in [-0.2, 0) is 12.0 Å². The number of hydrogen-bond acceptors (Lipinski definition) is 6. The second kappa shape index (κ2) is 5.77. The molecule has 112 valence electrons. The van der Waals surface area contributed by atoms with Crippen LogP contribution in [0.3, 0.4) is 0 Å². The molecule has 0 aliphatic carbocycles. The van der Waals surface area contributed by atoms with Crippen molar-refractivity contribution in [1.29, 1.82) is 0 Å². The molecule has 0 spiro atoms. The predicted molar refractivity (Wildman–Crippen MR) is 77.8 cm³/mol. The van der Waals surface area contributed by atoms with Crippen molar-refractivity contribution in [3.8, 4) is 0 Å². The fraction of sp³-hybridized carbons (Fsp3) is 0.571. The van der Waals surface area contributed by atoms with Crippen LogP contribution in [0.2, 0.25) is 0 Å². The number of rotatable bonds is 5. The van der Waals surface area contributed by atoms with E-state index in [1.807, 2.05) is 6.07 Å². The third kappa shape index (κ3) is 2.87. The van der Waals surface area contributed by atoms with Crippen molar-refractivity contribution in [2.75, 3.05) is 18.0 Å². The van der Waals surface area contributed by atoms with Gasteiger partial charge in [-0.3, -0.25) is 0 Å².